The van der Waals surface area contributed by atoms with Crippen LogP contribution in [0.1, 0.15) is 25.0 Å². The molecule has 0 amide bonds. The number of aliphatic imine (C=N–C) groups is 1. The lowest BCUT2D eigenvalue weighted by Crippen LogP contribution is -2.30. The van der Waals surface area contributed by atoms with E-state index in [1.807, 2.05) is 44.2 Å². The fourth-order valence-corrected chi connectivity index (χ4v) is 2.32. The lowest BCUT2D eigenvalue weighted by molar-refractivity contribution is 0.311. The van der Waals surface area contributed by atoms with Gasteiger partial charge in [0.05, 0.1) is 31.9 Å². The molecule has 2 N–H and O–H groups in total. The molecule has 2 aromatic carbocycles. The minimum atomic E-state index is 0. The molecule has 0 fully saturated rings. The summed E-state index contributed by atoms with van der Waals surface area (Å²) >= 11 is 0. The van der Waals surface area contributed by atoms with E-state index in [1.54, 1.807) is 19.2 Å². The Bertz CT molecular complexity index is 786. The van der Waals surface area contributed by atoms with Crippen molar-refractivity contribution in [1.29, 1.82) is 5.26 Å². The standard InChI is InChI=1S/C20H24N4O2.HI/c1-4-22-20(23-14-16-8-6-15(13-21)7-9-16)24-17-10-11-18(25-3)19(12-17)26-5-2;/h6-12H,4-5,14H2,1-3H3,(H2,22,23,24);1H. The van der Waals surface area contributed by atoms with Crippen molar-refractivity contribution in [3.63, 3.8) is 0 Å². The maximum Gasteiger partial charge on any atom is 0.196 e. The van der Waals surface area contributed by atoms with E-state index in [4.69, 9.17) is 14.7 Å². The lowest BCUT2D eigenvalue weighted by Gasteiger charge is -2.14. The van der Waals surface area contributed by atoms with Crippen molar-refractivity contribution >= 4 is 35.6 Å². The first-order chi connectivity index (χ1) is 12.7. The van der Waals surface area contributed by atoms with Crippen molar-refractivity contribution in [2.24, 2.45) is 4.99 Å². The number of ether oxygens (including phenoxy) is 2. The number of methoxy groups -OCH3 is 1. The van der Waals surface area contributed by atoms with E-state index in [0.29, 0.717) is 36.2 Å². The molecular formula is C20H25IN4O2. The van der Waals surface area contributed by atoms with Gasteiger partial charge in [0.15, 0.2) is 17.5 Å². The summed E-state index contributed by atoms with van der Waals surface area (Å²) in [7, 11) is 1.62. The number of nitrogens with one attached hydrogen (secondary N) is 2. The monoisotopic (exact) mass is 480 g/mol. The third kappa shape index (κ3) is 6.98. The molecule has 0 aliphatic rings. The van der Waals surface area contributed by atoms with Gasteiger partial charge in [0.2, 0.25) is 0 Å². The molecule has 27 heavy (non-hydrogen) atoms. The van der Waals surface area contributed by atoms with E-state index >= 15 is 0 Å². The Morgan fingerprint density at radius 2 is 1.85 bits per heavy atom. The van der Waals surface area contributed by atoms with Crippen LogP contribution < -0.4 is 20.1 Å². The van der Waals surface area contributed by atoms with E-state index in [0.717, 1.165) is 17.8 Å². The molecule has 2 aromatic rings. The molecule has 0 unspecified atom stereocenters. The minimum Gasteiger partial charge on any atom is -0.493 e. The highest BCUT2D eigenvalue weighted by Crippen LogP contribution is 2.30. The zero-order valence-corrected chi connectivity index (χ0v) is 18.1. The maximum atomic E-state index is 8.86. The Kier molecular flexibility index (Phi) is 10.0. The molecule has 0 radical (unpaired) electrons. The largest absolute Gasteiger partial charge is 0.493 e. The molecule has 0 heterocycles. The van der Waals surface area contributed by atoms with E-state index in [9.17, 15) is 0 Å². The van der Waals surface area contributed by atoms with Crippen LogP contribution >= 0.6 is 24.0 Å². The van der Waals surface area contributed by atoms with Gasteiger partial charge in [-0.25, -0.2) is 4.99 Å². The van der Waals surface area contributed by atoms with Crippen molar-refractivity contribution in [2.45, 2.75) is 20.4 Å². The number of guanidine groups is 1. The summed E-state index contributed by atoms with van der Waals surface area (Å²) in [4.78, 5) is 4.59. The predicted octanol–water partition coefficient (Wildman–Crippen LogP) is 4.16. The van der Waals surface area contributed by atoms with Gasteiger partial charge in [-0.3, -0.25) is 0 Å². The molecule has 0 saturated heterocycles. The number of rotatable bonds is 7. The summed E-state index contributed by atoms with van der Waals surface area (Å²) in [5.41, 5.74) is 2.53. The van der Waals surface area contributed by atoms with Crippen molar-refractivity contribution in [1.82, 2.24) is 5.32 Å². The molecule has 0 aliphatic carbocycles. The summed E-state index contributed by atoms with van der Waals surface area (Å²) < 4.78 is 10.9. The third-order valence-electron chi connectivity index (χ3n) is 3.57. The van der Waals surface area contributed by atoms with Crippen LogP contribution in [0.4, 0.5) is 5.69 Å². The Balaban J connectivity index is 0.00000364. The van der Waals surface area contributed by atoms with Gasteiger partial charge in [-0.15, -0.1) is 24.0 Å². The normalized spacial score (nSPS) is 10.4. The molecule has 7 heteroatoms. The summed E-state index contributed by atoms with van der Waals surface area (Å²) in [5.74, 6) is 2.05. The Labute approximate surface area is 177 Å². The highest BCUT2D eigenvalue weighted by atomic mass is 127. The van der Waals surface area contributed by atoms with Crippen LogP contribution in [-0.2, 0) is 6.54 Å². The average molecular weight is 480 g/mol. The Hall–Kier alpha value is -2.47. The fourth-order valence-electron chi connectivity index (χ4n) is 2.32. The summed E-state index contributed by atoms with van der Waals surface area (Å²) in [6.07, 6.45) is 0. The fraction of sp³-hybridized carbons (Fsp3) is 0.300. The van der Waals surface area contributed by atoms with Crippen LogP contribution in [0.3, 0.4) is 0 Å². The predicted molar refractivity (Wildman–Crippen MR) is 119 cm³/mol. The smallest absolute Gasteiger partial charge is 0.196 e. The number of hydrogen-bond donors (Lipinski definition) is 2. The van der Waals surface area contributed by atoms with Crippen LogP contribution in [0.25, 0.3) is 0 Å². The van der Waals surface area contributed by atoms with Gasteiger partial charge < -0.3 is 20.1 Å². The Morgan fingerprint density at radius 1 is 1.11 bits per heavy atom. The third-order valence-corrected chi connectivity index (χ3v) is 3.57. The minimum absolute atomic E-state index is 0. The molecule has 0 spiro atoms. The van der Waals surface area contributed by atoms with Crippen LogP contribution in [0.5, 0.6) is 11.5 Å². The number of anilines is 1. The summed E-state index contributed by atoms with van der Waals surface area (Å²) in [6, 6.07) is 15.2. The first kappa shape index (κ1) is 22.6. The van der Waals surface area contributed by atoms with Crippen molar-refractivity contribution in [3.8, 4) is 17.6 Å². The number of hydrogen-bond acceptors (Lipinski definition) is 4. The van der Waals surface area contributed by atoms with Gasteiger partial charge >= 0.3 is 0 Å². The summed E-state index contributed by atoms with van der Waals surface area (Å²) in [6.45, 7) is 5.76. The molecule has 0 aromatic heterocycles. The van der Waals surface area contributed by atoms with Crippen LogP contribution in [0.15, 0.2) is 47.5 Å². The second-order valence-corrected chi connectivity index (χ2v) is 5.43. The maximum absolute atomic E-state index is 8.86. The topological polar surface area (TPSA) is 78.7 Å². The Morgan fingerprint density at radius 3 is 2.44 bits per heavy atom. The van der Waals surface area contributed by atoms with Crippen LogP contribution in [0, 0.1) is 11.3 Å². The molecule has 0 atom stereocenters. The van der Waals surface area contributed by atoms with E-state index in [2.05, 4.69) is 21.7 Å². The number of halogens is 1. The van der Waals surface area contributed by atoms with Gasteiger partial charge in [0.25, 0.3) is 0 Å². The molecule has 144 valence electrons. The first-order valence-corrected chi connectivity index (χ1v) is 8.55. The van der Waals surface area contributed by atoms with Gasteiger partial charge in [-0.1, -0.05) is 12.1 Å². The van der Waals surface area contributed by atoms with E-state index in [1.165, 1.54) is 0 Å². The van der Waals surface area contributed by atoms with Crippen LogP contribution in [0.2, 0.25) is 0 Å². The van der Waals surface area contributed by atoms with Crippen molar-refractivity contribution < 1.29 is 9.47 Å². The first-order valence-electron chi connectivity index (χ1n) is 8.55. The molecule has 2 rings (SSSR count). The van der Waals surface area contributed by atoms with Crippen LogP contribution in [-0.4, -0.2) is 26.2 Å². The lowest BCUT2D eigenvalue weighted by atomic mass is 10.1. The highest BCUT2D eigenvalue weighted by molar-refractivity contribution is 14.0. The molecule has 6 nitrogen and oxygen atoms in total. The van der Waals surface area contributed by atoms with E-state index in [-0.39, 0.29) is 24.0 Å². The van der Waals surface area contributed by atoms with E-state index < -0.39 is 0 Å². The molecular weight excluding hydrogens is 455 g/mol. The average Bonchev–Trinajstić information content (AvgIpc) is 2.67. The van der Waals surface area contributed by atoms with Gasteiger partial charge in [-0.2, -0.15) is 5.26 Å². The number of nitriles is 1. The second kappa shape index (κ2) is 12.0. The molecule has 0 bridgehead atoms. The van der Waals surface area contributed by atoms with Gasteiger partial charge in [-0.05, 0) is 43.7 Å². The summed E-state index contributed by atoms with van der Waals surface area (Å²) in [5, 5.41) is 15.4. The second-order valence-electron chi connectivity index (χ2n) is 5.43. The van der Waals surface area contributed by atoms with Crippen molar-refractivity contribution in [3.05, 3.63) is 53.6 Å². The van der Waals surface area contributed by atoms with Crippen molar-refractivity contribution in [2.75, 3.05) is 25.6 Å². The highest BCUT2D eigenvalue weighted by Gasteiger charge is 2.07. The molecule has 0 saturated carbocycles. The van der Waals surface area contributed by atoms with Gasteiger partial charge in [0, 0.05) is 18.3 Å². The van der Waals surface area contributed by atoms with Gasteiger partial charge in [0.1, 0.15) is 0 Å². The quantitative estimate of drug-likeness (QED) is 0.354. The molecule has 0 aliphatic heterocycles. The number of benzene rings is 2. The number of nitrogens with zero attached hydrogens (tertiary/aromatic N) is 2. The zero-order chi connectivity index (χ0) is 18.8. The SMILES string of the molecule is CCNC(=NCc1ccc(C#N)cc1)Nc1ccc(OC)c(OCC)c1.I. The zero-order valence-electron chi connectivity index (χ0n) is 15.8.